The van der Waals surface area contributed by atoms with Crippen LogP contribution in [0.25, 0.3) is 0 Å². The number of carbonyl (C=O) groups excluding carboxylic acids is 2. The average Bonchev–Trinajstić information content (AvgIpc) is 2.32. The van der Waals surface area contributed by atoms with Gasteiger partial charge in [0.05, 0.1) is 17.5 Å². The van der Waals surface area contributed by atoms with E-state index in [9.17, 15) is 18.4 Å². The van der Waals surface area contributed by atoms with Gasteiger partial charge in [0, 0.05) is 0 Å². The molecule has 0 fully saturated rings. The van der Waals surface area contributed by atoms with Crippen LogP contribution in [0, 0.1) is 11.6 Å². The smallest absolute Gasteiger partial charge is 0.230 e. The monoisotopic (exact) mass is 288 g/mol. The van der Waals surface area contributed by atoms with Crippen LogP contribution in [0.2, 0.25) is 0 Å². The van der Waals surface area contributed by atoms with Crippen LogP contribution >= 0.6 is 11.8 Å². The average molecular weight is 288 g/mol. The van der Waals surface area contributed by atoms with Crippen molar-refractivity contribution in [3.63, 3.8) is 0 Å². The first-order valence-corrected chi connectivity index (χ1v) is 6.66. The Kier molecular flexibility index (Phi) is 5.75. The highest BCUT2D eigenvalue weighted by Crippen LogP contribution is 2.16. The van der Waals surface area contributed by atoms with Crippen LogP contribution in [-0.4, -0.2) is 23.3 Å². The zero-order valence-electron chi connectivity index (χ0n) is 10.3. The van der Waals surface area contributed by atoms with E-state index in [1.165, 1.54) is 6.07 Å². The van der Waals surface area contributed by atoms with Crippen molar-refractivity contribution in [2.24, 2.45) is 5.73 Å². The third kappa shape index (κ3) is 5.25. The predicted octanol–water partition coefficient (Wildman–Crippen LogP) is 1.36. The second-order valence-corrected chi connectivity index (χ2v) is 4.91. The van der Waals surface area contributed by atoms with E-state index in [1.54, 1.807) is 6.92 Å². The molecule has 19 heavy (non-hydrogen) atoms. The van der Waals surface area contributed by atoms with Gasteiger partial charge in [-0.2, -0.15) is 0 Å². The van der Waals surface area contributed by atoms with Gasteiger partial charge in [-0.05, 0) is 24.6 Å². The maximum absolute atomic E-state index is 13.0. The van der Waals surface area contributed by atoms with Crippen LogP contribution in [0.3, 0.4) is 0 Å². The minimum atomic E-state index is -0.957. The van der Waals surface area contributed by atoms with Crippen molar-refractivity contribution < 1.29 is 18.4 Å². The topological polar surface area (TPSA) is 72.2 Å². The maximum Gasteiger partial charge on any atom is 0.230 e. The summed E-state index contributed by atoms with van der Waals surface area (Å²) in [5, 5.41) is 2.62. The summed E-state index contributed by atoms with van der Waals surface area (Å²) in [5.74, 6) is -2.54. The van der Waals surface area contributed by atoms with Crippen LogP contribution in [0.5, 0.6) is 0 Å². The van der Waals surface area contributed by atoms with Crippen molar-refractivity contribution in [3.05, 3.63) is 35.4 Å². The summed E-state index contributed by atoms with van der Waals surface area (Å²) in [6.45, 7) is 1.66. The predicted molar refractivity (Wildman–Crippen MR) is 69.4 cm³/mol. The Morgan fingerprint density at radius 2 is 2.00 bits per heavy atom. The van der Waals surface area contributed by atoms with Crippen LogP contribution < -0.4 is 11.1 Å². The molecular formula is C12H14F2N2O2S. The number of primary amides is 1. The molecule has 104 valence electrons. The van der Waals surface area contributed by atoms with Gasteiger partial charge in [0.2, 0.25) is 11.8 Å². The fourth-order valence-electron chi connectivity index (χ4n) is 1.39. The summed E-state index contributed by atoms with van der Waals surface area (Å²) in [4.78, 5) is 22.0. The molecule has 0 saturated heterocycles. The van der Waals surface area contributed by atoms with E-state index in [-0.39, 0.29) is 17.4 Å². The summed E-state index contributed by atoms with van der Waals surface area (Å²) in [6.07, 6.45) is 0. The molecular weight excluding hydrogens is 274 g/mol. The van der Waals surface area contributed by atoms with E-state index in [0.29, 0.717) is 5.56 Å². The first-order chi connectivity index (χ1) is 8.90. The first-order valence-electron chi connectivity index (χ1n) is 5.50. The molecule has 0 bridgehead atoms. The molecule has 0 aliphatic carbocycles. The van der Waals surface area contributed by atoms with Crippen molar-refractivity contribution in [1.29, 1.82) is 0 Å². The summed E-state index contributed by atoms with van der Waals surface area (Å²) < 4.78 is 25.8. The number of rotatable bonds is 6. The lowest BCUT2D eigenvalue weighted by molar-refractivity contribution is -0.119. The number of halogens is 2. The zero-order chi connectivity index (χ0) is 14.4. The van der Waals surface area contributed by atoms with E-state index >= 15 is 0 Å². The Hall–Kier alpha value is -1.63. The minimum Gasteiger partial charge on any atom is -0.369 e. The van der Waals surface area contributed by atoms with Gasteiger partial charge in [0.1, 0.15) is 0 Å². The van der Waals surface area contributed by atoms with Crippen LogP contribution in [0.4, 0.5) is 8.78 Å². The lowest BCUT2D eigenvalue weighted by Crippen LogP contribution is -2.29. The first kappa shape index (κ1) is 15.4. The molecule has 2 amide bonds. The number of amides is 2. The molecule has 0 aliphatic rings. The van der Waals surface area contributed by atoms with E-state index in [1.807, 2.05) is 0 Å². The minimum absolute atomic E-state index is 0.0625. The van der Waals surface area contributed by atoms with E-state index in [4.69, 9.17) is 5.73 Å². The number of thioether (sulfide) groups is 1. The Bertz CT molecular complexity index is 483. The standard InChI is InChI=1S/C12H14F2N2O2S/c1-7(8-2-3-9(13)10(14)4-8)16-12(18)6-19-5-11(15)17/h2-4,7H,5-6H2,1H3,(H2,15,17)(H,16,18)/t7-/m1/s1. The van der Waals surface area contributed by atoms with Crippen molar-refractivity contribution in [2.75, 3.05) is 11.5 Å². The molecule has 0 aromatic heterocycles. The Balaban J connectivity index is 2.49. The highest BCUT2D eigenvalue weighted by Gasteiger charge is 2.12. The number of hydrogen-bond acceptors (Lipinski definition) is 3. The molecule has 1 rings (SSSR count). The summed E-state index contributed by atoms with van der Waals surface area (Å²) in [5.41, 5.74) is 5.40. The van der Waals surface area contributed by atoms with E-state index in [0.717, 1.165) is 23.9 Å². The van der Waals surface area contributed by atoms with Gasteiger partial charge in [-0.15, -0.1) is 11.8 Å². The molecule has 0 radical (unpaired) electrons. The summed E-state index contributed by atoms with van der Waals surface area (Å²) in [6, 6.07) is 3.00. The number of nitrogens with two attached hydrogens (primary N) is 1. The second kappa shape index (κ2) is 7.08. The van der Waals surface area contributed by atoms with Crippen LogP contribution in [0.15, 0.2) is 18.2 Å². The summed E-state index contributed by atoms with van der Waals surface area (Å²) in [7, 11) is 0. The molecule has 0 heterocycles. The maximum atomic E-state index is 13.0. The molecule has 4 nitrogen and oxygen atoms in total. The normalized spacial score (nSPS) is 11.9. The lowest BCUT2D eigenvalue weighted by Gasteiger charge is -2.14. The molecule has 1 atom stereocenters. The largest absolute Gasteiger partial charge is 0.369 e. The van der Waals surface area contributed by atoms with Gasteiger partial charge in [0.25, 0.3) is 0 Å². The van der Waals surface area contributed by atoms with Crippen molar-refractivity contribution in [3.8, 4) is 0 Å². The van der Waals surface area contributed by atoms with Gasteiger partial charge in [-0.1, -0.05) is 6.07 Å². The third-order valence-electron chi connectivity index (χ3n) is 2.30. The zero-order valence-corrected chi connectivity index (χ0v) is 11.1. The molecule has 3 N–H and O–H groups in total. The number of hydrogen-bond donors (Lipinski definition) is 2. The number of benzene rings is 1. The highest BCUT2D eigenvalue weighted by atomic mass is 32.2. The van der Waals surface area contributed by atoms with Crippen LogP contribution in [-0.2, 0) is 9.59 Å². The number of nitrogens with one attached hydrogen (secondary N) is 1. The molecule has 1 aromatic rings. The van der Waals surface area contributed by atoms with Gasteiger partial charge >= 0.3 is 0 Å². The molecule has 0 aliphatic heterocycles. The quantitative estimate of drug-likeness (QED) is 0.830. The van der Waals surface area contributed by atoms with Gasteiger partial charge in [-0.25, -0.2) is 8.78 Å². The van der Waals surface area contributed by atoms with E-state index < -0.39 is 23.6 Å². The molecule has 7 heteroatoms. The highest BCUT2D eigenvalue weighted by molar-refractivity contribution is 8.00. The Morgan fingerprint density at radius 3 is 2.58 bits per heavy atom. The number of carbonyl (C=O) groups is 2. The Labute approximate surface area is 113 Å². The van der Waals surface area contributed by atoms with Crippen molar-refractivity contribution in [1.82, 2.24) is 5.32 Å². The SMILES string of the molecule is C[C@@H](NC(=O)CSCC(N)=O)c1ccc(F)c(F)c1. The van der Waals surface area contributed by atoms with E-state index in [2.05, 4.69) is 5.32 Å². The lowest BCUT2D eigenvalue weighted by atomic mass is 10.1. The van der Waals surface area contributed by atoms with Gasteiger partial charge in [-0.3, -0.25) is 9.59 Å². The third-order valence-corrected chi connectivity index (χ3v) is 3.25. The summed E-state index contributed by atoms with van der Waals surface area (Å²) >= 11 is 1.09. The molecule has 0 saturated carbocycles. The fourth-order valence-corrected chi connectivity index (χ4v) is 1.96. The van der Waals surface area contributed by atoms with Gasteiger partial charge < -0.3 is 11.1 Å². The molecule has 1 aromatic carbocycles. The molecule has 0 spiro atoms. The fraction of sp³-hybridized carbons (Fsp3) is 0.333. The van der Waals surface area contributed by atoms with Gasteiger partial charge in [0.15, 0.2) is 11.6 Å². The van der Waals surface area contributed by atoms with Crippen molar-refractivity contribution >= 4 is 23.6 Å². The second-order valence-electron chi connectivity index (χ2n) is 3.92. The van der Waals surface area contributed by atoms with Crippen molar-refractivity contribution in [2.45, 2.75) is 13.0 Å². The van der Waals surface area contributed by atoms with Crippen LogP contribution in [0.1, 0.15) is 18.5 Å². The molecule has 0 unspecified atom stereocenters. The Morgan fingerprint density at radius 1 is 1.32 bits per heavy atom.